The average molecular weight is 313 g/mol. The largest absolute Gasteiger partial charge is 0.318 e. The molecule has 2 aromatic carbocycles. The maximum Gasteiger partial charge on any atom is 0.123 e. The molecule has 2 aliphatic rings. The molecule has 22 heavy (non-hydrogen) atoms. The van der Waals surface area contributed by atoms with Crippen LogP contribution in [0.3, 0.4) is 0 Å². The molecule has 4 atom stereocenters. The molecule has 0 unspecified atom stereocenters. The Hall–Kier alpha value is -1.41. The molecule has 114 valence electrons. The zero-order chi connectivity index (χ0) is 15.2. The van der Waals surface area contributed by atoms with Crippen molar-refractivity contribution in [1.82, 2.24) is 5.06 Å². The summed E-state index contributed by atoms with van der Waals surface area (Å²) in [5.74, 6) is 0. The minimum Gasteiger partial charge on any atom is -0.318 e. The van der Waals surface area contributed by atoms with Crippen LogP contribution < -0.4 is 5.30 Å². The standard InChI is InChI=1S/C18H20NO2P/c1-19-17(14-8-4-2-5-9-14)18-16(21-19)12-13-22(18,20)15-10-6-3-7-11-15/h2-11,16-18H,12-13H2,1H3/t16-,17-,18+,22-/m1/s1. The number of hydrogen-bond acceptors (Lipinski definition) is 3. The Labute approximate surface area is 131 Å². The molecular weight excluding hydrogens is 293 g/mol. The van der Waals surface area contributed by atoms with Crippen LogP contribution in [-0.4, -0.2) is 30.0 Å². The Bertz CT molecular complexity index is 704. The van der Waals surface area contributed by atoms with Gasteiger partial charge in [-0.25, -0.2) is 0 Å². The molecular formula is C18H20NO2P. The van der Waals surface area contributed by atoms with Crippen LogP contribution in [0.25, 0.3) is 0 Å². The van der Waals surface area contributed by atoms with Crippen molar-refractivity contribution in [2.24, 2.45) is 0 Å². The van der Waals surface area contributed by atoms with E-state index < -0.39 is 7.14 Å². The first-order valence-electron chi connectivity index (χ1n) is 7.79. The zero-order valence-corrected chi connectivity index (χ0v) is 13.5. The van der Waals surface area contributed by atoms with Gasteiger partial charge in [-0.3, -0.25) is 4.84 Å². The van der Waals surface area contributed by atoms with E-state index in [1.165, 1.54) is 5.56 Å². The minimum absolute atomic E-state index is 0.0577. The molecule has 0 radical (unpaired) electrons. The Kier molecular flexibility index (Phi) is 3.45. The summed E-state index contributed by atoms with van der Waals surface area (Å²) in [5, 5.41) is 2.92. The normalized spacial score (nSPS) is 34.7. The zero-order valence-electron chi connectivity index (χ0n) is 12.6. The molecule has 2 heterocycles. The van der Waals surface area contributed by atoms with Crippen molar-refractivity contribution in [2.75, 3.05) is 13.2 Å². The van der Waals surface area contributed by atoms with E-state index in [4.69, 9.17) is 4.84 Å². The lowest BCUT2D eigenvalue weighted by Crippen LogP contribution is -2.27. The number of hydrogen-bond donors (Lipinski definition) is 0. The van der Waals surface area contributed by atoms with E-state index >= 15 is 0 Å². The predicted octanol–water partition coefficient (Wildman–Crippen LogP) is 3.43. The molecule has 2 saturated heterocycles. The van der Waals surface area contributed by atoms with Crippen molar-refractivity contribution >= 4 is 12.4 Å². The molecule has 0 spiro atoms. The van der Waals surface area contributed by atoms with E-state index in [1.54, 1.807) is 0 Å². The lowest BCUT2D eigenvalue weighted by Gasteiger charge is -2.27. The monoisotopic (exact) mass is 313 g/mol. The van der Waals surface area contributed by atoms with Crippen molar-refractivity contribution in [1.29, 1.82) is 0 Å². The third-order valence-electron chi connectivity index (χ3n) is 4.96. The second-order valence-corrected chi connectivity index (χ2v) is 9.33. The van der Waals surface area contributed by atoms with Gasteiger partial charge in [0.15, 0.2) is 0 Å². The maximum atomic E-state index is 13.9. The van der Waals surface area contributed by atoms with Crippen molar-refractivity contribution in [3.63, 3.8) is 0 Å². The van der Waals surface area contributed by atoms with Crippen LogP contribution in [-0.2, 0) is 9.40 Å². The molecule has 3 nitrogen and oxygen atoms in total. The van der Waals surface area contributed by atoms with Crippen LogP contribution in [0.1, 0.15) is 18.0 Å². The third kappa shape index (κ3) is 2.08. The van der Waals surface area contributed by atoms with E-state index in [2.05, 4.69) is 12.1 Å². The van der Waals surface area contributed by atoms with Crippen LogP contribution >= 0.6 is 7.14 Å². The first-order valence-corrected chi connectivity index (χ1v) is 9.75. The van der Waals surface area contributed by atoms with Crippen molar-refractivity contribution in [3.05, 3.63) is 66.2 Å². The van der Waals surface area contributed by atoms with E-state index in [0.717, 1.165) is 17.9 Å². The summed E-state index contributed by atoms with van der Waals surface area (Å²) >= 11 is 0. The number of rotatable bonds is 2. The summed E-state index contributed by atoms with van der Waals surface area (Å²) < 4.78 is 13.9. The fourth-order valence-corrected chi connectivity index (χ4v) is 7.76. The van der Waals surface area contributed by atoms with E-state index in [9.17, 15) is 4.57 Å². The fourth-order valence-electron chi connectivity index (χ4n) is 3.99. The maximum absolute atomic E-state index is 13.9. The number of hydroxylamine groups is 2. The van der Waals surface area contributed by atoms with Gasteiger partial charge in [0, 0.05) is 18.5 Å². The van der Waals surface area contributed by atoms with Gasteiger partial charge >= 0.3 is 0 Å². The molecule has 0 N–H and O–H groups in total. The minimum atomic E-state index is -2.45. The summed E-state index contributed by atoms with van der Waals surface area (Å²) in [6.45, 7) is 0. The van der Waals surface area contributed by atoms with Gasteiger partial charge in [0.1, 0.15) is 7.14 Å². The second-order valence-electron chi connectivity index (χ2n) is 6.18. The fraction of sp³-hybridized carbons (Fsp3) is 0.333. The number of benzene rings is 2. The van der Waals surface area contributed by atoms with Crippen LogP contribution in [0.2, 0.25) is 0 Å². The van der Waals surface area contributed by atoms with Gasteiger partial charge in [-0.15, -0.1) is 0 Å². The van der Waals surface area contributed by atoms with E-state index in [0.29, 0.717) is 0 Å². The molecule has 0 bridgehead atoms. The highest BCUT2D eigenvalue weighted by Gasteiger charge is 2.56. The van der Waals surface area contributed by atoms with Gasteiger partial charge in [0.25, 0.3) is 0 Å². The highest BCUT2D eigenvalue weighted by atomic mass is 31.2. The molecule has 2 aromatic rings. The molecule has 0 saturated carbocycles. The molecule has 0 aliphatic carbocycles. The van der Waals surface area contributed by atoms with Crippen LogP contribution in [0.15, 0.2) is 60.7 Å². The van der Waals surface area contributed by atoms with Gasteiger partial charge in [-0.05, 0) is 12.0 Å². The quantitative estimate of drug-likeness (QED) is 0.796. The van der Waals surface area contributed by atoms with Gasteiger partial charge in [-0.2, -0.15) is 5.06 Å². The number of nitrogens with zero attached hydrogens (tertiary/aromatic N) is 1. The molecule has 2 fully saturated rings. The van der Waals surface area contributed by atoms with Gasteiger partial charge in [0.05, 0.1) is 17.8 Å². The topological polar surface area (TPSA) is 29.5 Å². The molecule has 4 heteroatoms. The second kappa shape index (κ2) is 5.34. The lowest BCUT2D eigenvalue weighted by molar-refractivity contribution is -0.143. The first kappa shape index (κ1) is 14.2. The van der Waals surface area contributed by atoms with Gasteiger partial charge in [0.2, 0.25) is 0 Å². The highest BCUT2D eigenvalue weighted by molar-refractivity contribution is 7.72. The average Bonchev–Trinajstić information content (AvgIpc) is 3.06. The van der Waals surface area contributed by atoms with Crippen LogP contribution in [0.5, 0.6) is 0 Å². The van der Waals surface area contributed by atoms with Crippen LogP contribution in [0, 0.1) is 0 Å². The van der Waals surface area contributed by atoms with E-state index in [-0.39, 0.29) is 17.8 Å². The highest BCUT2D eigenvalue weighted by Crippen LogP contribution is 2.64. The third-order valence-corrected chi connectivity index (χ3v) is 8.63. The first-order chi connectivity index (χ1) is 10.7. The van der Waals surface area contributed by atoms with E-state index in [1.807, 2.05) is 60.6 Å². The van der Waals surface area contributed by atoms with Crippen molar-refractivity contribution in [3.8, 4) is 0 Å². The van der Waals surface area contributed by atoms with Gasteiger partial charge < -0.3 is 4.57 Å². The lowest BCUT2D eigenvalue weighted by atomic mass is 10.0. The van der Waals surface area contributed by atoms with Crippen molar-refractivity contribution < 1.29 is 9.40 Å². The van der Waals surface area contributed by atoms with Crippen LogP contribution in [0.4, 0.5) is 0 Å². The van der Waals surface area contributed by atoms with Gasteiger partial charge in [-0.1, -0.05) is 60.7 Å². The SMILES string of the molecule is CN1O[C@@H]2CC[P@@](=O)(c3ccccc3)[C@@H]2[C@H]1c1ccccc1. The molecule has 0 amide bonds. The Balaban J connectivity index is 1.80. The number of fused-ring (bicyclic) bond motifs is 1. The Morgan fingerprint density at radius 2 is 1.68 bits per heavy atom. The summed E-state index contributed by atoms with van der Waals surface area (Å²) in [5.41, 5.74) is 1.25. The molecule has 2 aliphatic heterocycles. The smallest absolute Gasteiger partial charge is 0.123 e. The summed E-state index contributed by atoms with van der Waals surface area (Å²) in [6, 6.07) is 20.4. The summed E-state index contributed by atoms with van der Waals surface area (Å²) in [4.78, 5) is 6.03. The Morgan fingerprint density at radius 1 is 1.05 bits per heavy atom. The molecule has 0 aromatic heterocycles. The van der Waals surface area contributed by atoms with Crippen molar-refractivity contribution in [2.45, 2.75) is 24.2 Å². The Morgan fingerprint density at radius 3 is 2.36 bits per heavy atom. The predicted molar refractivity (Wildman–Crippen MR) is 88.8 cm³/mol. The summed E-state index contributed by atoms with van der Waals surface area (Å²) in [7, 11) is -0.488. The molecule has 4 rings (SSSR count). The summed E-state index contributed by atoms with van der Waals surface area (Å²) in [6.07, 6.45) is 1.70.